The van der Waals surface area contributed by atoms with Crippen LogP contribution in [0.5, 0.6) is 0 Å². The molecular formula is C55H39NO. The van der Waals surface area contributed by atoms with E-state index in [0.717, 1.165) is 44.4 Å². The third kappa shape index (κ3) is 5.48. The number of fused-ring (bicyclic) bond motifs is 7. The van der Waals surface area contributed by atoms with Gasteiger partial charge in [-0.25, -0.2) is 0 Å². The fourth-order valence-electron chi connectivity index (χ4n) is 9.11. The van der Waals surface area contributed by atoms with Gasteiger partial charge in [-0.15, -0.1) is 0 Å². The summed E-state index contributed by atoms with van der Waals surface area (Å²) in [6.45, 7) is 4.70. The average molecular weight is 730 g/mol. The van der Waals surface area contributed by atoms with E-state index in [0.29, 0.717) is 0 Å². The Bertz CT molecular complexity index is 3150. The van der Waals surface area contributed by atoms with E-state index in [9.17, 15) is 0 Å². The van der Waals surface area contributed by atoms with Gasteiger partial charge in [-0.3, -0.25) is 0 Å². The van der Waals surface area contributed by atoms with E-state index in [4.69, 9.17) is 4.42 Å². The number of hydrogen-bond donors (Lipinski definition) is 0. The first-order valence-electron chi connectivity index (χ1n) is 19.7. The molecule has 0 saturated carbocycles. The van der Waals surface area contributed by atoms with Crippen molar-refractivity contribution >= 4 is 49.8 Å². The number of nitrogens with zero attached hydrogens (tertiary/aromatic N) is 1. The SMILES string of the molecule is CC1(C)c2ccccc2-c2c(N(c3ccc(-c4ccc(-c5ccc6ccccc6c5)cc4)cc3)c3cccc(-c4ccc5oc6ccccc6c5c4)c3)cccc21. The van der Waals surface area contributed by atoms with Gasteiger partial charge in [0.2, 0.25) is 0 Å². The van der Waals surface area contributed by atoms with Crippen LogP contribution in [0.2, 0.25) is 0 Å². The van der Waals surface area contributed by atoms with Crippen LogP contribution in [0.25, 0.3) is 77.2 Å². The van der Waals surface area contributed by atoms with E-state index >= 15 is 0 Å². The third-order valence-corrected chi connectivity index (χ3v) is 12.1. The minimum Gasteiger partial charge on any atom is -0.456 e. The maximum absolute atomic E-state index is 6.18. The summed E-state index contributed by atoms with van der Waals surface area (Å²) in [5.41, 5.74) is 17.5. The second-order valence-corrected chi connectivity index (χ2v) is 15.8. The molecule has 0 aliphatic heterocycles. The van der Waals surface area contributed by atoms with E-state index in [2.05, 4.69) is 207 Å². The Kier molecular flexibility index (Phi) is 7.55. The Morgan fingerprint density at radius 3 is 1.82 bits per heavy atom. The Labute approximate surface area is 332 Å². The molecule has 1 aliphatic carbocycles. The van der Waals surface area contributed by atoms with E-state index in [-0.39, 0.29) is 5.41 Å². The lowest BCUT2D eigenvalue weighted by Crippen LogP contribution is -2.16. The fraction of sp³-hybridized carbons (Fsp3) is 0.0545. The molecule has 1 aromatic heterocycles. The van der Waals surface area contributed by atoms with Gasteiger partial charge in [0.25, 0.3) is 0 Å². The minimum absolute atomic E-state index is 0.110. The molecule has 0 bridgehead atoms. The summed E-state index contributed by atoms with van der Waals surface area (Å²) in [6.07, 6.45) is 0. The van der Waals surface area contributed by atoms with Crippen LogP contribution in [0.1, 0.15) is 25.0 Å². The van der Waals surface area contributed by atoms with Crippen molar-refractivity contribution in [1.29, 1.82) is 0 Å². The van der Waals surface area contributed by atoms with Crippen molar-refractivity contribution in [1.82, 2.24) is 0 Å². The monoisotopic (exact) mass is 729 g/mol. The van der Waals surface area contributed by atoms with Crippen molar-refractivity contribution in [2.45, 2.75) is 19.3 Å². The highest BCUT2D eigenvalue weighted by Gasteiger charge is 2.37. The zero-order valence-electron chi connectivity index (χ0n) is 31.9. The molecule has 0 fully saturated rings. The van der Waals surface area contributed by atoms with Crippen LogP contribution in [-0.4, -0.2) is 0 Å². The maximum Gasteiger partial charge on any atom is 0.135 e. The van der Waals surface area contributed by atoms with Crippen molar-refractivity contribution in [3.8, 4) is 44.5 Å². The highest BCUT2D eigenvalue weighted by molar-refractivity contribution is 6.06. The summed E-state index contributed by atoms with van der Waals surface area (Å²) in [4.78, 5) is 2.44. The summed E-state index contributed by atoms with van der Waals surface area (Å²) in [6, 6.07) is 72.8. The van der Waals surface area contributed by atoms with Crippen LogP contribution in [0.4, 0.5) is 17.1 Å². The van der Waals surface area contributed by atoms with Crippen molar-refractivity contribution in [3.63, 3.8) is 0 Å². The summed E-state index contributed by atoms with van der Waals surface area (Å²) in [5, 5.41) is 4.78. The van der Waals surface area contributed by atoms with Gasteiger partial charge in [0.15, 0.2) is 0 Å². The van der Waals surface area contributed by atoms with Crippen LogP contribution < -0.4 is 4.90 Å². The van der Waals surface area contributed by atoms with Crippen molar-refractivity contribution in [2.24, 2.45) is 0 Å². The van der Waals surface area contributed by atoms with Gasteiger partial charge in [0, 0.05) is 33.1 Å². The molecule has 11 rings (SSSR count). The standard InChI is InChI=1S/C55H39NO/c1-55(2)49-17-7-5-16-47(49)54-50(55)18-10-19-51(54)56(45-14-9-13-41(34-45)43-29-32-53-48(35-43)46-15-6-8-20-52(46)57-53)44-30-27-38(28-31-44)37-21-23-39(24-22-37)42-26-25-36-11-3-4-12-40(36)33-42/h3-35H,1-2H3. The van der Waals surface area contributed by atoms with Gasteiger partial charge in [-0.05, 0) is 115 Å². The summed E-state index contributed by atoms with van der Waals surface area (Å²) in [7, 11) is 0. The Morgan fingerprint density at radius 2 is 0.982 bits per heavy atom. The van der Waals surface area contributed by atoms with E-state index in [1.165, 1.54) is 61.0 Å². The Morgan fingerprint density at radius 1 is 0.386 bits per heavy atom. The number of benzene rings is 9. The predicted octanol–water partition coefficient (Wildman–Crippen LogP) is 15.5. The van der Waals surface area contributed by atoms with Crippen molar-refractivity contribution < 1.29 is 4.42 Å². The topological polar surface area (TPSA) is 16.4 Å². The maximum atomic E-state index is 6.18. The summed E-state index contributed by atoms with van der Waals surface area (Å²) < 4.78 is 6.18. The van der Waals surface area contributed by atoms with E-state index in [1.54, 1.807) is 0 Å². The molecule has 270 valence electrons. The first-order chi connectivity index (χ1) is 28.0. The Balaban J connectivity index is 1.01. The fourth-order valence-corrected chi connectivity index (χ4v) is 9.11. The zero-order chi connectivity index (χ0) is 38.1. The highest BCUT2D eigenvalue weighted by Crippen LogP contribution is 2.54. The smallest absolute Gasteiger partial charge is 0.135 e. The Hall–Kier alpha value is -7.16. The molecule has 0 radical (unpaired) electrons. The average Bonchev–Trinajstić information content (AvgIpc) is 3.76. The van der Waals surface area contributed by atoms with Gasteiger partial charge in [-0.1, -0.05) is 159 Å². The molecule has 9 aromatic carbocycles. The minimum atomic E-state index is -0.110. The van der Waals surface area contributed by atoms with Crippen LogP contribution in [0, 0.1) is 0 Å². The number of furan rings is 1. The number of hydrogen-bond acceptors (Lipinski definition) is 2. The van der Waals surface area contributed by atoms with Gasteiger partial charge in [0.05, 0.1) is 5.69 Å². The molecule has 1 heterocycles. The molecule has 57 heavy (non-hydrogen) atoms. The van der Waals surface area contributed by atoms with Crippen LogP contribution >= 0.6 is 0 Å². The van der Waals surface area contributed by atoms with Crippen molar-refractivity contribution in [2.75, 3.05) is 4.90 Å². The molecular weight excluding hydrogens is 691 g/mol. The normalized spacial score (nSPS) is 12.9. The molecule has 0 spiro atoms. The van der Waals surface area contributed by atoms with Gasteiger partial charge in [0.1, 0.15) is 11.2 Å². The first kappa shape index (κ1) is 33.2. The van der Waals surface area contributed by atoms with Gasteiger partial charge >= 0.3 is 0 Å². The number of rotatable bonds is 6. The molecule has 2 heteroatoms. The predicted molar refractivity (Wildman–Crippen MR) is 240 cm³/mol. The quantitative estimate of drug-likeness (QED) is 0.169. The van der Waals surface area contributed by atoms with Crippen LogP contribution in [-0.2, 0) is 5.41 Å². The van der Waals surface area contributed by atoms with Crippen molar-refractivity contribution in [3.05, 3.63) is 211 Å². The lowest BCUT2D eigenvalue weighted by molar-refractivity contribution is 0.660. The molecule has 2 nitrogen and oxygen atoms in total. The highest BCUT2D eigenvalue weighted by atomic mass is 16.3. The molecule has 0 atom stereocenters. The summed E-state index contributed by atoms with van der Waals surface area (Å²) in [5.74, 6) is 0. The molecule has 10 aromatic rings. The third-order valence-electron chi connectivity index (χ3n) is 12.1. The summed E-state index contributed by atoms with van der Waals surface area (Å²) >= 11 is 0. The molecule has 0 amide bonds. The molecule has 0 N–H and O–H groups in total. The van der Waals surface area contributed by atoms with Crippen LogP contribution in [0.3, 0.4) is 0 Å². The van der Waals surface area contributed by atoms with E-state index < -0.39 is 0 Å². The first-order valence-corrected chi connectivity index (χ1v) is 19.7. The largest absolute Gasteiger partial charge is 0.456 e. The second kappa shape index (κ2) is 13.0. The van der Waals surface area contributed by atoms with Crippen LogP contribution in [0.15, 0.2) is 205 Å². The van der Waals surface area contributed by atoms with Gasteiger partial charge < -0.3 is 9.32 Å². The number of anilines is 3. The zero-order valence-corrected chi connectivity index (χ0v) is 31.9. The van der Waals surface area contributed by atoms with E-state index in [1.807, 2.05) is 12.1 Å². The second-order valence-electron chi connectivity index (χ2n) is 15.8. The van der Waals surface area contributed by atoms with Gasteiger partial charge in [-0.2, -0.15) is 0 Å². The number of para-hydroxylation sites is 1. The lowest BCUT2D eigenvalue weighted by Gasteiger charge is -2.29. The lowest BCUT2D eigenvalue weighted by atomic mass is 9.82. The molecule has 0 unspecified atom stereocenters. The molecule has 1 aliphatic rings. The molecule has 0 saturated heterocycles.